The fourth-order valence-electron chi connectivity index (χ4n) is 2.92. The lowest BCUT2D eigenvalue weighted by molar-refractivity contribution is -0.135. The van der Waals surface area contributed by atoms with Gasteiger partial charge in [-0.2, -0.15) is 0 Å². The van der Waals surface area contributed by atoms with E-state index in [0.29, 0.717) is 12.3 Å². The zero-order chi connectivity index (χ0) is 13.0. The molecule has 0 spiro atoms. The van der Waals surface area contributed by atoms with Gasteiger partial charge in [0.2, 0.25) is 11.8 Å². The van der Waals surface area contributed by atoms with Crippen LogP contribution in [0.4, 0.5) is 0 Å². The van der Waals surface area contributed by atoms with E-state index in [1.807, 2.05) is 4.90 Å². The van der Waals surface area contributed by atoms with Gasteiger partial charge >= 0.3 is 0 Å². The van der Waals surface area contributed by atoms with Crippen molar-refractivity contribution < 1.29 is 9.59 Å². The zero-order valence-corrected chi connectivity index (χ0v) is 10.9. The second-order valence-corrected chi connectivity index (χ2v) is 5.44. The SMILES string of the molecule is NC(=O)CC1CCN(C(=O)[C@@H]2CCCCN2)CC1. The van der Waals surface area contributed by atoms with Gasteiger partial charge in [0.25, 0.3) is 0 Å². The third-order valence-electron chi connectivity index (χ3n) is 4.02. The Morgan fingerprint density at radius 3 is 2.44 bits per heavy atom. The van der Waals surface area contributed by atoms with E-state index in [0.717, 1.165) is 45.3 Å². The van der Waals surface area contributed by atoms with Crippen molar-refractivity contribution >= 4 is 11.8 Å². The highest BCUT2D eigenvalue weighted by atomic mass is 16.2. The van der Waals surface area contributed by atoms with Crippen LogP contribution in [-0.4, -0.2) is 42.4 Å². The number of piperidine rings is 2. The van der Waals surface area contributed by atoms with Crippen molar-refractivity contribution in [2.75, 3.05) is 19.6 Å². The summed E-state index contributed by atoms with van der Waals surface area (Å²) >= 11 is 0. The molecule has 0 bridgehead atoms. The Balaban J connectivity index is 1.78. The lowest BCUT2D eigenvalue weighted by Gasteiger charge is -2.35. The molecule has 0 aromatic carbocycles. The minimum atomic E-state index is -0.228. The maximum absolute atomic E-state index is 12.3. The standard InChI is InChI=1S/C13H23N3O2/c14-12(17)9-10-4-7-16(8-5-10)13(18)11-3-1-2-6-15-11/h10-11,15H,1-9H2,(H2,14,17)/t11-/m0/s1. The fourth-order valence-corrected chi connectivity index (χ4v) is 2.92. The van der Waals surface area contributed by atoms with Crippen LogP contribution in [0.5, 0.6) is 0 Å². The lowest BCUT2D eigenvalue weighted by Crippen LogP contribution is -2.50. The van der Waals surface area contributed by atoms with E-state index < -0.39 is 0 Å². The van der Waals surface area contributed by atoms with E-state index in [4.69, 9.17) is 5.73 Å². The first kappa shape index (κ1) is 13.3. The van der Waals surface area contributed by atoms with Crippen LogP contribution in [0.2, 0.25) is 0 Å². The number of nitrogens with zero attached hydrogens (tertiary/aromatic N) is 1. The van der Waals surface area contributed by atoms with Crippen molar-refractivity contribution in [2.45, 2.75) is 44.6 Å². The van der Waals surface area contributed by atoms with Crippen molar-refractivity contribution in [3.05, 3.63) is 0 Å². The molecule has 2 rings (SSSR count). The molecule has 1 atom stereocenters. The average molecular weight is 253 g/mol. The molecule has 102 valence electrons. The van der Waals surface area contributed by atoms with Gasteiger partial charge in [-0.25, -0.2) is 0 Å². The van der Waals surface area contributed by atoms with E-state index in [-0.39, 0.29) is 17.9 Å². The number of primary amides is 1. The van der Waals surface area contributed by atoms with E-state index in [1.165, 1.54) is 6.42 Å². The topological polar surface area (TPSA) is 75.4 Å². The van der Waals surface area contributed by atoms with Crippen LogP contribution >= 0.6 is 0 Å². The molecule has 2 amide bonds. The quantitative estimate of drug-likeness (QED) is 0.756. The molecule has 2 fully saturated rings. The number of nitrogens with one attached hydrogen (secondary N) is 1. The van der Waals surface area contributed by atoms with Crippen LogP contribution in [0.15, 0.2) is 0 Å². The number of likely N-dealkylation sites (tertiary alicyclic amines) is 1. The van der Waals surface area contributed by atoms with Crippen LogP contribution < -0.4 is 11.1 Å². The Labute approximate surface area is 108 Å². The minimum absolute atomic E-state index is 0.0199. The Hall–Kier alpha value is -1.10. The van der Waals surface area contributed by atoms with Gasteiger partial charge in [0.15, 0.2) is 0 Å². The number of nitrogens with two attached hydrogens (primary N) is 1. The number of amides is 2. The van der Waals surface area contributed by atoms with E-state index in [9.17, 15) is 9.59 Å². The molecule has 3 N–H and O–H groups in total. The summed E-state index contributed by atoms with van der Waals surface area (Å²) in [6.45, 7) is 2.50. The Morgan fingerprint density at radius 1 is 1.17 bits per heavy atom. The molecule has 2 aliphatic rings. The lowest BCUT2D eigenvalue weighted by atomic mass is 9.92. The first-order chi connectivity index (χ1) is 8.66. The largest absolute Gasteiger partial charge is 0.370 e. The summed E-state index contributed by atoms with van der Waals surface area (Å²) in [4.78, 5) is 25.1. The van der Waals surface area contributed by atoms with Crippen molar-refractivity contribution in [3.8, 4) is 0 Å². The highest BCUT2D eigenvalue weighted by molar-refractivity contribution is 5.82. The van der Waals surface area contributed by atoms with Crippen LogP contribution in [0.1, 0.15) is 38.5 Å². The number of carbonyl (C=O) groups is 2. The van der Waals surface area contributed by atoms with E-state index >= 15 is 0 Å². The highest BCUT2D eigenvalue weighted by Crippen LogP contribution is 2.21. The second-order valence-electron chi connectivity index (χ2n) is 5.44. The van der Waals surface area contributed by atoms with Gasteiger partial charge in [0, 0.05) is 19.5 Å². The van der Waals surface area contributed by atoms with Crippen LogP contribution in [0.3, 0.4) is 0 Å². The number of hydrogen-bond acceptors (Lipinski definition) is 3. The summed E-state index contributed by atoms with van der Waals surface area (Å²) in [5.41, 5.74) is 5.21. The molecule has 2 saturated heterocycles. The molecule has 0 saturated carbocycles. The molecule has 0 aromatic heterocycles. The summed E-state index contributed by atoms with van der Waals surface area (Å²) in [6, 6.07) is 0.0199. The summed E-state index contributed by atoms with van der Waals surface area (Å²) in [7, 11) is 0. The normalized spacial score (nSPS) is 26.0. The molecule has 0 aromatic rings. The summed E-state index contributed by atoms with van der Waals surface area (Å²) in [5, 5.41) is 3.29. The zero-order valence-electron chi connectivity index (χ0n) is 10.9. The summed E-state index contributed by atoms with van der Waals surface area (Å²) < 4.78 is 0. The van der Waals surface area contributed by atoms with Crippen molar-refractivity contribution in [1.29, 1.82) is 0 Å². The number of carbonyl (C=O) groups excluding carboxylic acids is 2. The Morgan fingerprint density at radius 2 is 1.89 bits per heavy atom. The monoisotopic (exact) mass is 253 g/mol. The third kappa shape index (κ3) is 3.45. The first-order valence-corrected chi connectivity index (χ1v) is 6.97. The smallest absolute Gasteiger partial charge is 0.239 e. The highest BCUT2D eigenvalue weighted by Gasteiger charge is 2.29. The molecule has 5 heteroatoms. The number of rotatable bonds is 3. The van der Waals surface area contributed by atoms with Gasteiger partial charge in [-0.1, -0.05) is 6.42 Å². The van der Waals surface area contributed by atoms with Gasteiger partial charge in [-0.3, -0.25) is 9.59 Å². The maximum Gasteiger partial charge on any atom is 0.239 e. The second kappa shape index (κ2) is 6.18. The van der Waals surface area contributed by atoms with Gasteiger partial charge in [0.05, 0.1) is 6.04 Å². The van der Waals surface area contributed by atoms with Crippen molar-refractivity contribution in [1.82, 2.24) is 10.2 Å². The number of hydrogen-bond donors (Lipinski definition) is 2. The van der Waals surface area contributed by atoms with Crippen LogP contribution in [0, 0.1) is 5.92 Å². The minimum Gasteiger partial charge on any atom is -0.370 e. The molecular weight excluding hydrogens is 230 g/mol. The van der Waals surface area contributed by atoms with Crippen molar-refractivity contribution in [3.63, 3.8) is 0 Å². The molecule has 0 unspecified atom stereocenters. The molecule has 0 radical (unpaired) electrons. The molecule has 5 nitrogen and oxygen atoms in total. The van der Waals surface area contributed by atoms with Gasteiger partial charge < -0.3 is 16.0 Å². The van der Waals surface area contributed by atoms with Crippen LogP contribution in [0.25, 0.3) is 0 Å². The van der Waals surface area contributed by atoms with Crippen LogP contribution in [-0.2, 0) is 9.59 Å². The molecule has 0 aliphatic carbocycles. The molecule has 2 aliphatic heterocycles. The summed E-state index contributed by atoms with van der Waals surface area (Å²) in [5.74, 6) is 0.381. The predicted molar refractivity (Wildman–Crippen MR) is 68.8 cm³/mol. The van der Waals surface area contributed by atoms with Gasteiger partial charge in [-0.05, 0) is 38.1 Å². The van der Waals surface area contributed by atoms with Crippen molar-refractivity contribution in [2.24, 2.45) is 11.7 Å². The van der Waals surface area contributed by atoms with Gasteiger partial charge in [0.1, 0.15) is 0 Å². The first-order valence-electron chi connectivity index (χ1n) is 6.97. The maximum atomic E-state index is 12.3. The van der Waals surface area contributed by atoms with E-state index in [1.54, 1.807) is 0 Å². The van der Waals surface area contributed by atoms with E-state index in [2.05, 4.69) is 5.32 Å². The summed E-state index contributed by atoms with van der Waals surface area (Å²) in [6.07, 6.45) is 5.54. The predicted octanol–water partition coefficient (Wildman–Crippen LogP) is 0.242. The fraction of sp³-hybridized carbons (Fsp3) is 0.846. The average Bonchev–Trinajstić information content (AvgIpc) is 2.39. The molecular formula is C13H23N3O2. The van der Waals surface area contributed by atoms with Gasteiger partial charge in [-0.15, -0.1) is 0 Å². The Kier molecular flexibility index (Phi) is 4.58. The molecule has 18 heavy (non-hydrogen) atoms. The molecule has 2 heterocycles. The Bertz CT molecular complexity index is 305. The third-order valence-corrected chi connectivity index (χ3v) is 4.02.